The van der Waals surface area contributed by atoms with Gasteiger partial charge in [-0.3, -0.25) is 4.79 Å². The monoisotopic (exact) mass is 319 g/mol. The maximum absolute atomic E-state index is 13.0. The molecule has 0 aromatic carbocycles. The first-order valence-electron chi connectivity index (χ1n) is 8.47. The number of carbonyl (C=O) groups is 1. The number of halogens is 1. The van der Waals surface area contributed by atoms with Crippen molar-refractivity contribution in [2.45, 2.75) is 25.4 Å². The van der Waals surface area contributed by atoms with E-state index >= 15 is 0 Å². The summed E-state index contributed by atoms with van der Waals surface area (Å²) in [6, 6.07) is 3.18. The van der Waals surface area contributed by atoms with Crippen LogP contribution in [0.15, 0.2) is 18.3 Å². The molecule has 0 radical (unpaired) electrons. The third-order valence-electron chi connectivity index (χ3n) is 5.29. The van der Waals surface area contributed by atoms with Crippen LogP contribution in [-0.2, 0) is 9.53 Å². The van der Waals surface area contributed by atoms with Crippen molar-refractivity contribution in [1.82, 2.24) is 9.88 Å². The Labute approximate surface area is 135 Å². The molecule has 3 unspecified atom stereocenters. The Morgan fingerprint density at radius 3 is 2.57 bits per heavy atom. The van der Waals surface area contributed by atoms with Gasteiger partial charge in [0.05, 0.1) is 6.20 Å². The number of rotatable bonds is 2. The SMILES string of the molecule is O=C(C1CCCCO1)N1CC2CN(c3ccc(F)cn3)CC2C1. The summed E-state index contributed by atoms with van der Waals surface area (Å²) in [6.45, 7) is 4.10. The number of amides is 1. The van der Waals surface area contributed by atoms with Gasteiger partial charge in [0.25, 0.3) is 5.91 Å². The molecule has 3 atom stereocenters. The summed E-state index contributed by atoms with van der Waals surface area (Å²) in [4.78, 5) is 20.9. The van der Waals surface area contributed by atoms with Crippen molar-refractivity contribution >= 4 is 11.7 Å². The van der Waals surface area contributed by atoms with Crippen LogP contribution < -0.4 is 4.90 Å². The predicted molar refractivity (Wildman–Crippen MR) is 83.6 cm³/mol. The molecule has 3 aliphatic rings. The highest BCUT2D eigenvalue weighted by atomic mass is 19.1. The summed E-state index contributed by atoms with van der Waals surface area (Å²) in [5.74, 6) is 1.65. The molecule has 4 rings (SSSR count). The van der Waals surface area contributed by atoms with E-state index in [4.69, 9.17) is 4.74 Å². The van der Waals surface area contributed by atoms with Gasteiger partial charge < -0.3 is 14.5 Å². The first-order valence-corrected chi connectivity index (χ1v) is 8.47. The smallest absolute Gasteiger partial charge is 0.251 e. The fourth-order valence-electron chi connectivity index (χ4n) is 4.05. The summed E-state index contributed by atoms with van der Waals surface area (Å²) in [7, 11) is 0. The highest BCUT2D eigenvalue weighted by Gasteiger charge is 2.43. The molecule has 1 aromatic rings. The molecule has 23 heavy (non-hydrogen) atoms. The zero-order valence-electron chi connectivity index (χ0n) is 13.2. The van der Waals surface area contributed by atoms with E-state index in [1.807, 2.05) is 4.90 Å². The first kappa shape index (κ1) is 14.9. The molecule has 6 heteroatoms. The van der Waals surface area contributed by atoms with Crippen molar-refractivity contribution < 1.29 is 13.9 Å². The maximum Gasteiger partial charge on any atom is 0.251 e. The van der Waals surface area contributed by atoms with Crippen LogP contribution in [0.4, 0.5) is 10.2 Å². The molecule has 3 aliphatic heterocycles. The van der Waals surface area contributed by atoms with Gasteiger partial charge in [-0.05, 0) is 31.4 Å². The van der Waals surface area contributed by atoms with Gasteiger partial charge in [0.15, 0.2) is 0 Å². The minimum atomic E-state index is -0.308. The van der Waals surface area contributed by atoms with E-state index in [1.54, 1.807) is 6.07 Å². The van der Waals surface area contributed by atoms with Crippen LogP contribution in [0.5, 0.6) is 0 Å². The van der Waals surface area contributed by atoms with Crippen LogP contribution >= 0.6 is 0 Å². The number of nitrogens with zero attached hydrogens (tertiary/aromatic N) is 3. The van der Waals surface area contributed by atoms with Crippen molar-refractivity contribution in [3.63, 3.8) is 0 Å². The third-order valence-corrected chi connectivity index (χ3v) is 5.29. The van der Waals surface area contributed by atoms with Gasteiger partial charge in [0.2, 0.25) is 0 Å². The van der Waals surface area contributed by atoms with E-state index in [0.29, 0.717) is 18.4 Å². The molecular weight excluding hydrogens is 297 g/mol. The van der Waals surface area contributed by atoms with Gasteiger partial charge >= 0.3 is 0 Å². The molecule has 0 bridgehead atoms. The second-order valence-corrected chi connectivity index (χ2v) is 6.86. The molecule has 4 heterocycles. The number of pyridine rings is 1. The number of hydrogen-bond donors (Lipinski definition) is 0. The maximum atomic E-state index is 13.0. The van der Waals surface area contributed by atoms with Crippen molar-refractivity contribution in [2.24, 2.45) is 11.8 Å². The van der Waals surface area contributed by atoms with Crippen LogP contribution in [0, 0.1) is 17.7 Å². The number of anilines is 1. The van der Waals surface area contributed by atoms with Gasteiger partial charge in [-0.15, -0.1) is 0 Å². The Bertz CT molecular complexity index is 560. The van der Waals surface area contributed by atoms with Crippen molar-refractivity contribution in [3.05, 3.63) is 24.1 Å². The molecule has 124 valence electrons. The summed E-state index contributed by atoms with van der Waals surface area (Å²) in [5.41, 5.74) is 0. The fourth-order valence-corrected chi connectivity index (χ4v) is 4.05. The first-order chi connectivity index (χ1) is 11.2. The van der Waals surface area contributed by atoms with E-state index in [1.165, 1.54) is 12.3 Å². The summed E-state index contributed by atoms with van der Waals surface area (Å²) >= 11 is 0. The second kappa shape index (κ2) is 6.07. The van der Waals surface area contributed by atoms with Crippen LogP contribution in [0.1, 0.15) is 19.3 Å². The quantitative estimate of drug-likeness (QED) is 0.832. The number of ether oxygens (including phenoxy) is 1. The lowest BCUT2D eigenvalue weighted by Gasteiger charge is -2.28. The summed E-state index contributed by atoms with van der Waals surface area (Å²) in [6.07, 6.45) is 4.05. The minimum absolute atomic E-state index is 0.172. The fraction of sp³-hybridized carbons (Fsp3) is 0.647. The number of carbonyl (C=O) groups excluding carboxylic acids is 1. The van der Waals surface area contributed by atoms with Gasteiger partial charge in [0, 0.05) is 44.6 Å². The molecule has 0 N–H and O–H groups in total. The van der Waals surface area contributed by atoms with Crippen molar-refractivity contribution in [1.29, 1.82) is 0 Å². The standard InChI is InChI=1S/C17H22FN3O2/c18-14-4-5-16(19-7-14)20-8-12-10-21(11-13(12)9-20)17(22)15-3-1-2-6-23-15/h4-5,7,12-13,15H,1-3,6,8-11H2. The molecular formula is C17H22FN3O2. The molecule has 0 saturated carbocycles. The van der Waals surface area contributed by atoms with E-state index in [9.17, 15) is 9.18 Å². The lowest BCUT2D eigenvalue weighted by Crippen LogP contribution is -2.42. The van der Waals surface area contributed by atoms with E-state index in [0.717, 1.165) is 51.3 Å². The third kappa shape index (κ3) is 2.92. The largest absolute Gasteiger partial charge is 0.368 e. The van der Waals surface area contributed by atoms with Crippen LogP contribution in [-0.4, -0.2) is 54.7 Å². The molecule has 3 saturated heterocycles. The molecule has 1 amide bonds. The lowest BCUT2D eigenvalue weighted by atomic mass is 10.0. The number of hydrogen-bond acceptors (Lipinski definition) is 4. The van der Waals surface area contributed by atoms with Crippen LogP contribution in [0.2, 0.25) is 0 Å². The van der Waals surface area contributed by atoms with Gasteiger partial charge in [-0.25, -0.2) is 9.37 Å². The Hall–Kier alpha value is -1.69. The minimum Gasteiger partial charge on any atom is -0.368 e. The zero-order valence-corrected chi connectivity index (χ0v) is 13.2. The van der Waals surface area contributed by atoms with Gasteiger partial charge in [-0.1, -0.05) is 0 Å². The molecule has 1 aromatic heterocycles. The van der Waals surface area contributed by atoms with Gasteiger partial charge in [-0.2, -0.15) is 0 Å². The van der Waals surface area contributed by atoms with E-state index in [-0.39, 0.29) is 17.8 Å². The molecule has 0 spiro atoms. The summed E-state index contributed by atoms with van der Waals surface area (Å²) < 4.78 is 18.6. The number of likely N-dealkylation sites (tertiary alicyclic amines) is 1. The molecule has 0 aliphatic carbocycles. The average Bonchev–Trinajstić information content (AvgIpc) is 3.14. The lowest BCUT2D eigenvalue weighted by molar-refractivity contribution is -0.145. The predicted octanol–water partition coefficient (Wildman–Crippen LogP) is 1.68. The van der Waals surface area contributed by atoms with Crippen molar-refractivity contribution in [3.8, 4) is 0 Å². The van der Waals surface area contributed by atoms with E-state index in [2.05, 4.69) is 9.88 Å². The average molecular weight is 319 g/mol. The highest BCUT2D eigenvalue weighted by molar-refractivity contribution is 5.81. The Morgan fingerprint density at radius 2 is 1.96 bits per heavy atom. The topological polar surface area (TPSA) is 45.7 Å². The second-order valence-electron chi connectivity index (χ2n) is 6.86. The molecule has 5 nitrogen and oxygen atoms in total. The van der Waals surface area contributed by atoms with Gasteiger partial charge in [0.1, 0.15) is 17.7 Å². The number of fused-ring (bicyclic) bond motifs is 1. The summed E-state index contributed by atoms with van der Waals surface area (Å²) in [5, 5.41) is 0. The zero-order chi connectivity index (χ0) is 15.8. The van der Waals surface area contributed by atoms with Crippen LogP contribution in [0.25, 0.3) is 0 Å². The normalized spacial score (nSPS) is 30.6. The van der Waals surface area contributed by atoms with Crippen LogP contribution in [0.3, 0.4) is 0 Å². The number of aromatic nitrogens is 1. The molecule has 3 fully saturated rings. The van der Waals surface area contributed by atoms with Crippen molar-refractivity contribution in [2.75, 3.05) is 37.7 Å². The van der Waals surface area contributed by atoms with E-state index < -0.39 is 0 Å². The highest BCUT2D eigenvalue weighted by Crippen LogP contribution is 2.34. The Morgan fingerprint density at radius 1 is 1.17 bits per heavy atom. The Balaban J connectivity index is 1.36. The Kier molecular flexibility index (Phi) is 3.93.